The highest BCUT2D eigenvalue weighted by Crippen LogP contribution is 2.50. The first-order valence-corrected chi connectivity index (χ1v) is 6.58. The Kier molecular flexibility index (Phi) is 4.80. The molecule has 0 amide bonds. The van der Waals surface area contributed by atoms with Gasteiger partial charge >= 0.3 is 0 Å². The van der Waals surface area contributed by atoms with Crippen molar-refractivity contribution in [3.63, 3.8) is 0 Å². The molecular formula is C9H15FN2S. The van der Waals surface area contributed by atoms with Crippen LogP contribution in [0.5, 0.6) is 0 Å². The Morgan fingerprint density at radius 2 is 1.77 bits per heavy atom. The summed E-state index contributed by atoms with van der Waals surface area (Å²) in [6, 6.07) is 3.75. The summed E-state index contributed by atoms with van der Waals surface area (Å²) in [4.78, 5) is 0. The molecule has 1 unspecified atom stereocenters. The smallest absolute Gasteiger partial charge is 0.134 e. The molecule has 13 heavy (non-hydrogen) atoms. The summed E-state index contributed by atoms with van der Waals surface area (Å²) in [6.07, 6.45) is 4.21. The van der Waals surface area contributed by atoms with Crippen molar-refractivity contribution in [3.05, 3.63) is 0 Å². The molecule has 0 aliphatic heterocycles. The van der Waals surface area contributed by atoms with Crippen LogP contribution in [0.1, 0.15) is 19.8 Å². The molecule has 0 aromatic heterocycles. The van der Waals surface area contributed by atoms with E-state index < -0.39 is 16.3 Å². The van der Waals surface area contributed by atoms with Crippen molar-refractivity contribution >= 4 is 10.4 Å². The fraction of sp³-hybridized carbons (Fsp3) is 0.778. The van der Waals surface area contributed by atoms with E-state index >= 15 is 0 Å². The zero-order valence-electron chi connectivity index (χ0n) is 8.25. The van der Waals surface area contributed by atoms with Crippen LogP contribution in [0.4, 0.5) is 3.89 Å². The van der Waals surface area contributed by atoms with E-state index in [1.807, 2.05) is 19.1 Å². The molecule has 0 aromatic rings. The van der Waals surface area contributed by atoms with Gasteiger partial charge in [0.25, 0.3) is 0 Å². The van der Waals surface area contributed by atoms with Gasteiger partial charge in [0.1, 0.15) is 5.92 Å². The standard InChI is InChI=1S/C9H15FN2S/c1-4-9(13(2,3)10)5-8(6-11)7-12/h8-9H,4-5H2,1-3H3. The van der Waals surface area contributed by atoms with Gasteiger partial charge in [0.15, 0.2) is 0 Å². The monoisotopic (exact) mass is 202 g/mol. The summed E-state index contributed by atoms with van der Waals surface area (Å²) in [6.45, 7) is 1.89. The van der Waals surface area contributed by atoms with Crippen LogP contribution in [0.3, 0.4) is 0 Å². The molecule has 0 rings (SSSR count). The number of halogens is 1. The minimum atomic E-state index is -2.13. The molecule has 0 bridgehead atoms. The molecule has 2 nitrogen and oxygen atoms in total. The second-order valence-electron chi connectivity index (χ2n) is 3.35. The van der Waals surface area contributed by atoms with E-state index in [-0.39, 0.29) is 5.25 Å². The van der Waals surface area contributed by atoms with Crippen molar-refractivity contribution < 1.29 is 3.89 Å². The third-order valence-corrected chi connectivity index (χ3v) is 4.17. The molecule has 0 aliphatic rings. The van der Waals surface area contributed by atoms with Gasteiger partial charge in [-0.2, -0.15) is 14.4 Å². The lowest BCUT2D eigenvalue weighted by atomic mass is 10.1. The SMILES string of the molecule is CCC(CC(C#N)C#N)S(C)(C)F. The maximum atomic E-state index is 13.6. The second kappa shape index (κ2) is 5.09. The van der Waals surface area contributed by atoms with Crippen molar-refractivity contribution in [2.24, 2.45) is 5.92 Å². The van der Waals surface area contributed by atoms with Gasteiger partial charge in [-0.1, -0.05) is 17.3 Å². The number of hydrogen-bond donors (Lipinski definition) is 0. The van der Waals surface area contributed by atoms with Crippen LogP contribution in [0.25, 0.3) is 0 Å². The van der Waals surface area contributed by atoms with Crippen LogP contribution in [0.15, 0.2) is 0 Å². The third-order valence-electron chi connectivity index (χ3n) is 2.06. The van der Waals surface area contributed by atoms with Gasteiger partial charge in [0.05, 0.1) is 12.1 Å². The average Bonchev–Trinajstić information content (AvgIpc) is 2.04. The van der Waals surface area contributed by atoms with Gasteiger partial charge < -0.3 is 0 Å². The van der Waals surface area contributed by atoms with E-state index in [1.165, 1.54) is 0 Å². The molecule has 0 aromatic carbocycles. The highest BCUT2D eigenvalue weighted by Gasteiger charge is 2.25. The third kappa shape index (κ3) is 4.15. The van der Waals surface area contributed by atoms with Crippen molar-refractivity contribution in [2.75, 3.05) is 12.5 Å². The summed E-state index contributed by atoms with van der Waals surface area (Å²) < 4.78 is 13.6. The Balaban J connectivity index is 4.33. The van der Waals surface area contributed by atoms with Crippen LogP contribution in [0, 0.1) is 28.6 Å². The normalized spacial score (nSPS) is 14.7. The van der Waals surface area contributed by atoms with E-state index in [0.717, 1.165) is 0 Å². The van der Waals surface area contributed by atoms with Crippen molar-refractivity contribution in [1.82, 2.24) is 0 Å². The zero-order valence-corrected chi connectivity index (χ0v) is 9.07. The van der Waals surface area contributed by atoms with Gasteiger partial charge in [0.2, 0.25) is 0 Å². The van der Waals surface area contributed by atoms with E-state index in [1.54, 1.807) is 12.5 Å². The zero-order chi connectivity index (χ0) is 10.5. The molecule has 1 atom stereocenters. The predicted molar refractivity (Wildman–Crippen MR) is 54.0 cm³/mol. The number of rotatable bonds is 4. The maximum absolute atomic E-state index is 13.6. The summed E-state index contributed by atoms with van der Waals surface area (Å²) in [5.74, 6) is -0.660. The van der Waals surface area contributed by atoms with Crippen LogP contribution < -0.4 is 0 Å². The van der Waals surface area contributed by atoms with Gasteiger partial charge in [-0.3, -0.25) is 0 Å². The Labute approximate surface area is 81.0 Å². The van der Waals surface area contributed by atoms with E-state index in [0.29, 0.717) is 12.8 Å². The van der Waals surface area contributed by atoms with Gasteiger partial charge in [0, 0.05) is 5.25 Å². The fourth-order valence-electron chi connectivity index (χ4n) is 1.19. The van der Waals surface area contributed by atoms with Gasteiger partial charge in [-0.25, -0.2) is 0 Å². The van der Waals surface area contributed by atoms with Crippen LogP contribution in [0.2, 0.25) is 0 Å². The second-order valence-corrected chi connectivity index (χ2v) is 6.58. The first kappa shape index (κ1) is 12.3. The highest BCUT2D eigenvalue weighted by molar-refractivity contribution is 8.28. The molecule has 0 saturated carbocycles. The van der Waals surface area contributed by atoms with Crippen molar-refractivity contribution in [1.29, 1.82) is 10.5 Å². The Morgan fingerprint density at radius 1 is 1.31 bits per heavy atom. The maximum Gasteiger partial charge on any atom is 0.134 e. The number of nitriles is 2. The summed E-state index contributed by atoms with van der Waals surface area (Å²) in [5.41, 5.74) is 0. The Hall–Kier alpha value is -0.740. The minimum Gasteiger partial charge on any atom is -0.197 e. The van der Waals surface area contributed by atoms with E-state index in [2.05, 4.69) is 0 Å². The summed E-state index contributed by atoms with van der Waals surface area (Å²) >= 11 is 0. The predicted octanol–water partition coefficient (Wildman–Crippen LogP) is 2.77. The molecule has 0 saturated heterocycles. The fourth-order valence-corrected chi connectivity index (χ4v) is 2.63. The summed E-state index contributed by atoms with van der Waals surface area (Å²) in [7, 11) is -2.13. The van der Waals surface area contributed by atoms with Crippen LogP contribution >= 0.6 is 10.4 Å². The summed E-state index contributed by atoms with van der Waals surface area (Å²) in [5, 5.41) is 17.0. The number of nitrogens with zero attached hydrogens (tertiary/aromatic N) is 2. The molecular weight excluding hydrogens is 187 g/mol. The highest BCUT2D eigenvalue weighted by atomic mass is 32.3. The molecule has 0 N–H and O–H groups in total. The average molecular weight is 202 g/mol. The quantitative estimate of drug-likeness (QED) is 0.703. The number of hydrogen-bond acceptors (Lipinski definition) is 2. The molecule has 74 valence electrons. The molecule has 0 aliphatic carbocycles. The Morgan fingerprint density at radius 3 is 2.00 bits per heavy atom. The first-order chi connectivity index (χ1) is 5.95. The minimum absolute atomic E-state index is 0.128. The molecule has 4 heteroatoms. The van der Waals surface area contributed by atoms with Crippen LogP contribution in [-0.4, -0.2) is 17.8 Å². The largest absolute Gasteiger partial charge is 0.197 e. The lowest BCUT2D eigenvalue weighted by molar-refractivity contribution is 0.651. The van der Waals surface area contributed by atoms with Crippen LogP contribution in [-0.2, 0) is 0 Å². The molecule has 0 radical (unpaired) electrons. The van der Waals surface area contributed by atoms with Gasteiger partial charge in [-0.15, -0.1) is 0 Å². The first-order valence-electron chi connectivity index (χ1n) is 4.16. The molecule has 0 fully saturated rings. The van der Waals surface area contributed by atoms with E-state index in [9.17, 15) is 3.89 Å². The van der Waals surface area contributed by atoms with Crippen molar-refractivity contribution in [2.45, 2.75) is 25.0 Å². The lowest BCUT2D eigenvalue weighted by Crippen LogP contribution is -2.15. The van der Waals surface area contributed by atoms with E-state index in [4.69, 9.17) is 10.5 Å². The topological polar surface area (TPSA) is 47.6 Å². The lowest BCUT2D eigenvalue weighted by Gasteiger charge is -2.30. The Bertz CT molecular complexity index is 219. The molecule has 0 heterocycles. The van der Waals surface area contributed by atoms with Gasteiger partial charge in [-0.05, 0) is 25.4 Å². The molecule has 0 spiro atoms. The van der Waals surface area contributed by atoms with Crippen molar-refractivity contribution in [3.8, 4) is 12.1 Å².